The van der Waals surface area contributed by atoms with Crippen LogP contribution in [0.15, 0.2) is 100 Å². The Kier molecular flexibility index (Phi) is 7.24. The van der Waals surface area contributed by atoms with E-state index in [1.165, 1.54) is 11.3 Å². The molecule has 3 heterocycles. The molecule has 0 bridgehead atoms. The lowest BCUT2D eigenvalue weighted by Crippen LogP contribution is -2.40. The van der Waals surface area contributed by atoms with Crippen molar-refractivity contribution in [1.29, 1.82) is 0 Å². The number of esters is 1. The number of fused-ring (bicyclic) bond motifs is 2. The molecule has 0 radical (unpaired) electrons. The van der Waals surface area contributed by atoms with Crippen molar-refractivity contribution in [2.45, 2.75) is 32.9 Å². The quantitative estimate of drug-likeness (QED) is 0.227. The molecule has 6 rings (SSSR count). The Balaban J connectivity index is 1.65. The molecular formula is C33H28ClN3O3S. The number of para-hydroxylation sites is 1. The average molecular weight is 582 g/mol. The van der Waals surface area contributed by atoms with E-state index in [9.17, 15) is 9.59 Å². The van der Waals surface area contributed by atoms with Gasteiger partial charge in [0.1, 0.15) is 0 Å². The minimum atomic E-state index is -0.739. The third-order valence-electron chi connectivity index (χ3n) is 7.17. The number of benzene rings is 3. The van der Waals surface area contributed by atoms with Gasteiger partial charge in [-0.1, -0.05) is 83.6 Å². The fraction of sp³-hybridized carbons (Fsp3) is 0.182. The van der Waals surface area contributed by atoms with Crippen molar-refractivity contribution in [2.75, 3.05) is 6.61 Å². The van der Waals surface area contributed by atoms with Crippen LogP contribution >= 0.6 is 22.9 Å². The second-order valence-corrected chi connectivity index (χ2v) is 11.5. The van der Waals surface area contributed by atoms with E-state index >= 15 is 0 Å². The lowest BCUT2D eigenvalue weighted by molar-refractivity contribution is -0.138. The molecule has 0 N–H and O–H groups in total. The van der Waals surface area contributed by atoms with Crippen molar-refractivity contribution in [3.05, 3.63) is 132 Å². The first-order valence-corrected chi connectivity index (χ1v) is 14.7. The molecule has 0 saturated carbocycles. The Labute approximate surface area is 246 Å². The number of rotatable bonds is 6. The molecule has 1 aliphatic rings. The normalized spacial score (nSPS) is 15.3. The van der Waals surface area contributed by atoms with Crippen molar-refractivity contribution in [3.63, 3.8) is 0 Å². The van der Waals surface area contributed by atoms with Gasteiger partial charge in [-0.2, -0.15) is 0 Å². The number of aromatic nitrogens is 2. The van der Waals surface area contributed by atoms with E-state index in [0.717, 1.165) is 27.6 Å². The van der Waals surface area contributed by atoms with Crippen LogP contribution in [-0.4, -0.2) is 21.7 Å². The zero-order valence-electron chi connectivity index (χ0n) is 22.9. The summed E-state index contributed by atoms with van der Waals surface area (Å²) in [5.74, 6) is -0.510. The van der Waals surface area contributed by atoms with Crippen molar-refractivity contribution in [2.24, 2.45) is 4.99 Å². The number of ether oxygens (including phenoxy) is 1. The van der Waals surface area contributed by atoms with E-state index in [-0.39, 0.29) is 18.2 Å². The molecule has 3 aromatic carbocycles. The van der Waals surface area contributed by atoms with Gasteiger partial charge in [0.2, 0.25) is 0 Å². The van der Waals surface area contributed by atoms with Crippen LogP contribution in [0.4, 0.5) is 0 Å². The highest BCUT2D eigenvalue weighted by atomic mass is 35.5. The van der Waals surface area contributed by atoms with Crippen molar-refractivity contribution >= 4 is 51.6 Å². The summed E-state index contributed by atoms with van der Waals surface area (Å²) >= 11 is 7.54. The molecule has 0 unspecified atom stereocenters. The molecule has 8 heteroatoms. The Bertz CT molecular complexity index is 1980. The predicted octanol–water partition coefficient (Wildman–Crippen LogP) is 6.12. The largest absolute Gasteiger partial charge is 0.463 e. The van der Waals surface area contributed by atoms with Gasteiger partial charge >= 0.3 is 5.97 Å². The molecule has 1 aliphatic heterocycles. The first-order chi connectivity index (χ1) is 19.9. The summed E-state index contributed by atoms with van der Waals surface area (Å²) in [4.78, 5) is 33.2. The summed E-state index contributed by atoms with van der Waals surface area (Å²) in [6, 6.07) is 24.4. The number of thiazole rings is 1. The summed E-state index contributed by atoms with van der Waals surface area (Å²) in [6.45, 7) is 6.24. The summed E-state index contributed by atoms with van der Waals surface area (Å²) in [5.41, 5.74) is 4.16. The number of halogens is 1. The number of hydrogen-bond acceptors (Lipinski definition) is 5. The van der Waals surface area contributed by atoms with E-state index in [0.29, 0.717) is 25.6 Å². The monoisotopic (exact) mass is 581 g/mol. The first-order valence-electron chi connectivity index (χ1n) is 13.5. The maximum atomic E-state index is 14.2. The topological polar surface area (TPSA) is 65.6 Å². The third-order valence-corrected chi connectivity index (χ3v) is 8.41. The lowest BCUT2D eigenvalue weighted by Gasteiger charge is -2.25. The van der Waals surface area contributed by atoms with Crippen LogP contribution in [0.2, 0.25) is 5.02 Å². The molecule has 0 fully saturated rings. The second-order valence-electron chi connectivity index (χ2n) is 10.1. The van der Waals surface area contributed by atoms with Gasteiger partial charge in [-0.25, -0.2) is 9.79 Å². The maximum absolute atomic E-state index is 14.2. The molecule has 206 valence electrons. The fourth-order valence-corrected chi connectivity index (χ4v) is 6.43. The van der Waals surface area contributed by atoms with Gasteiger partial charge in [-0.15, -0.1) is 0 Å². The highest BCUT2D eigenvalue weighted by molar-refractivity contribution is 7.07. The van der Waals surface area contributed by atoms with Crippen LogP contribution in [0.3, 0.4) is 0 Å². The predicted molar refractivity (Wildman–Crippen MR) is 165 cm³/mol. The van der Waals surface area contributed by atoms with Crippen LogP contribution in [0.25, 0.3) is 22.7 Å². The van der Waals surface area contributed by atoms with Gasteiger partial charge in [-0.05, 0) is 50.6 Å². The van der Waals surface area contributed by atoms with Crippen molar-refractivity contribution in [3.8, 4) is 0 Å². The Morgan fingerprint density at radius 1 is 1.05 bits per heavy atom. The number of carbonyl (C=O) groups excluding carboxylic acids is 1. The van der Waals surface area contributed by atoms with Gasteiger partial charge in [0.05, 0.1) is 28.5 Å². The second kappa shape index (κ2) is 11.0. The Morgan fingerprint density at radius 3 is 2.46 bits per heavy atom. The molecule has 1 atom stereocenters. The summed E-state index contributed by atoms with van der Waals surface area (Å²) in [7, 11) is 0. The SMILES string of the molecule is CCOC(=O)C1=C(c2ccccc2)N=c2s/c(=C\c3cn(C(C)C)c4ccccc34)c(=O)n2[C@H]1c1ccc(Cl)cc1. The zero-order chi connectivity index (χ0) is 28.7. The molecule has 0 spiro atoms. The van der Waals surface area contributed by atoms with Crippen LogP contribution in [-0.2, 0) is 9.53 Å². The van der Waals surface area contributed by atoms with E-state index in [1.807, 2.05) is 60.7 Å². The zero-order valence-corrected chi connectivity index (χ0v) is 24.4. The van der Waals surface area contributed by atoms with E-state index in [4.69, 9.17) is 21.3 Å². The fourth-order valence-electron chi connectivity index (χ4n) is 5.32. The van der Waals surface area contributed by atoms with E-state index in [1.54, 1.807) is 23.6 Å². The van der Waals surface area contributed by atoms with Crippen molar-refractivity contribution in [1.82, 2.24) is 9.13 Å². The summed E-state index contributed by atoms with van der Waals surface area (Å²) in [6.07, 6.45) is 4.02. The molecule has 6 nitrogen and oxygen atoms in total. The third kappa shape index (κ3) is 4.85. The number of hydrogen-bond donors (Lipinski definition) is 0. The Hall–Kier alpha value is -4.20. The van der Waals surface area contributed by atoms with Crippen LogP contribution in [0.1, 0.15) is 49.5 Å². The van der Waals surface area contributed by atoms with Gasteiger partial charge in [0.15, 0.2) is 4.80 Å². The minimum Gasteiger partial charge on any atom is -0.463 e. The van der Waals surface area contributed by atoms with Crippen LogP contribution in [0, 0.1) is 0 Å². The van der Waals surface area contributed by atoms with Gasteiger partial charge in [0, 0.05) is 39.3 Å². The molecular weight excluding hydrogens is 554 g/mol. The van der Waals surface area contributed by atoms with Gasteiger partial charge in [-0.3, -0.25) is 9.36 Å². The lowest BCUT2D eigenvalue weighted by atomic mass is 9.93. The Morgan fingerprint density at radius 2 is 1.76 bits per heavy atom. The average Bonchev–Trinajstić information content (AvgIpc) is 3.50. The van der Waals surface area contributed by atoms with E-state index in [2.05, 4.69) is 36.7 Å². The first kappa shape index (κ1) is 27.0. The van der Waals surface area contributed by atoms with Gasteiger partial charge < -0.3 is 9.30 Å². The van der Waals surface area contributed by atoms with E-state index < -0.39 is 12.0 Å². The highest BCUT2D eigenvalue weighted by Crippen LogP contribution is 2.35. The molecule has 5 aromatic rings. The van der Waals surface area contributed by atoms with Crippen LogP contribution in [0.5, 0.6) is 0 Å². The molecule has 0 amide bonds. The smallest absolute Gasteiger partial charge is 0.338 e. The summed E-state index contributed by atoms with van der Waals surface area (Å²) < 4.78 is 9.89. The van der Waals surface area contributed by atoms with Gasteiger partial charge in [0.25, 0.3) is 5.56 Å². The number of carbonyl (C=O) groups is 1. The molecule has 0 aliphatic carbocycles. The molecule has 0 saturated heterocycles. The standard InChI is InChI=1S/C33H28ClN3O3S/c1-4-40-32(39)28-29(21-10-6-5-7-11-21)35-33-37(30(28)22-14-16-24(34)17-15-22)31(38)27(41-33)18-23-19-36(20(2)3)26-13-9-8-12-25(23)26/h5-20,30H,4H2,1-3H3/b27-18-/t30-/m0/s1. The van der Waals surface area contributed by atoms with Crippen molar-refractivity contribution < 1.29 is 9.53 Å². The summed E-state index contributed by atoms with van der Waals surface area (Å²) in [5, 5.41) is 1.63. The highest BCUT2D eigenvalue weighted by Gasteiger charge is 2.35. The molecule has 41 heavy (non-hydrogen) atoms. The van der Waals surface area contributed by atoms with Crippen LogP contribution < -0.4 is 14.9 Å². The molecule has 2 aromatic heterocycles. The maximum Gasteiger partial charge on any atom is 0.338 e. The number of nitrogens with zero attached hydrogens (tertiary/aromatic N) is 3. The minimum absolute atomic E-state index is 0.197.